The third-order valence-electron chi connectivity index (χ3n) is 3.30. The Morgan fingerprint density at radius 2 is 1.82 bits per heavy atom. The van der Waals surface area contributed by atoms with Crippen LogP contribution in [0.3, 0.4) is 0 Å². The van der Waals surface area contributed by atoms with Crippen molar-refractivity contribution in [3.05, 3.63) is 0 Å². The van der Waals surface area contributed by atoms with Crippen LogP contribution in [0.25, 0.3) is 0 Å². The van der Waals surface area contributed by atoms with Crippen molar-refractivity contribution in [3.8, 4) is 0 Å². The molecule has 1 rings (SSSR count). The summed E-state index contributed by atoms with van der Waals surface area (Å²) in [6.07, 6.45) is 0. The van der Waals surface area contributed by atoms with Crippen molar-refractivity contribution in [3.63, 3.8) is 0 Å². The van der Waals surface area contributed by atoms with Crippen molar-refractivity contribution < 1.29 is 9.59 Å². The average molecular weight is 241 g/mol. The van der Waals surface area contributed by atoms with Crippen molar-refractivity contribution in [2.45, 2.75) is 20.8 Å². The van der Waals surface area contributed by atoms with Crippen LogP contribution < -0.4 is 10.6 Å². The minimum Gasteiger partial charge on any atom is -0.347 e. The van der Waals surface area contributed by atoms with Gasteiger partial charge < -0.3 is 15.5 Å². The van der Waals surface area contributed by atoms with E-state index in [1.54, 1.807) is 4.90 Å². The first-order chi connectivity index (χ1) is 8.02. The molecule has 0 radical (unpaired) electrons. The number of amides is 2. The molecule has 1 aliphatic heterocycles. The Kier molecular flexibility index (Phi) is 5.41. The average Bonchev–Trinajstić information content (AvgIpc) is 2.35. The van der Waals surface area contributed by atoms with Gasteiger partial charge in [0.05, 0.1) is 6.54 Å². The van der Waals surface area contributed by atoms with Crippen molar-refractivity contribution in [2.24, 2.45) is 11.8 Å². The summed E-state index contributed by atoms with van der Waals surface area (Å²) in [5, 5.41) is 5.90. The van der Waals surface area contributed by atoms with Crippen molar-refractivity contribution >= 4 is 11.8 Å². The van der Waals surface area contributed by atoms with Gasteiger partial charge in [-0.15, -0.1) is 0 Å². The highest BCUT2D eigenvalue weighted by molar-refractivity contribution is 5.85. The quantitative estimate of drug-likeness (QED) is 0.718. The Bertz CT molecular complexity index is 273. The molecule has 2 amide bonds. The molecule has 0 aliphatic carbocycles. The second-order valence-electron chi connectivity index (χ2n) is 4.88. The third-order valence-corrected chi connectivity index (χ3v) is 3.30. The Morgan fingerprint density at radius 1 is 1.24 bits per heavy atom. The molecule has 5 heteroatoms. The molecule has 98 valence electrons. The Morgan fingerprint density at radius 3 is 2.35 bits per heavy atom. The Balaban J connectivity index is 2.29. The molecular weight excluding hydrogens is 218 g/mol. The molecule has 1 unspecified atom stereocenters. The van der Waals surface area contributed by atoms with Gasteiger partial charge in [0.2, 0.25) is 11.8 Å². The van der Waals surface area contributed by atoms with Gasteiger partial charge in [0, 0.05) is 32.1 Å². The summed E-state index contributed by atoms with van der Waals surface area (Å²) in [6, 6.07) is 0. The lowest BCUT2D eigenvalue weighted by Gasteiger charge is -2.27. The minimum atomic E-state index is -0.0502. The number of hydrogen-bond acceptors (Lipinski definition) is 3. The molecule has 0 spiro atoms. The second-order valence-corrected chi connectivity index (χ2v) is 4.88. The molecule has 2 N–H and O–H groups in total. The number of carbonyl (C=O) groups excluding carboxylic acids is 2. The normalized spacial score (nSPS) is 18.0. The van der Waals surface area contributed by atoms with E-state index >= 15 is 0 Å². The van der Waals surface area contributed by atoms with Crippen LogP contribution in [0.5, 0.6) is 0 Å². The maximum Gasteiger partial charge on any atom is 0.242 e. The fourth-order valence-electron chi connectivity index (χ4n) is 1.65. The SMILES string of the molecule is CC(C)C(C)C(=O)NCC(=O)N1CCNCC1. The van der Waals surface area contributed by atoms with Gasteiger partial charge in [-0.2, -0.15) is 0 Å². The van der Waals surface area contributed by atoms with Gasteiger partial charge in [0.1, 0.15) is 0 Å². The van der Waals surface area contributed by atoms with Crippen LogP contribution in [-0.4, -0.2) is 49.4 Å². The molecule has 1 atom stereocenters. The lowest BCUT2D eigenvalue weighted by Crippen LogP contribution is -2.50. The monoisotopic (exact) mass is 241 g/mol. The van der Waals surface area contributed by atoms with Crippen LogP contribution in [0.15, 0.2) is 0 Å². The van der Waals surface area contributed by atoms with E-state index in [1.807, 2.05) is 20.8 Å². The number of piperazine rings is 1. The molecule has 17 heavy (non-hydrogen) atoms. The van der Waals surface area contributed by atoms with Gasteiger partial charge in [-0.05, 0) is 5.92 Å². The van der Waals surface area contributed by atoms with Crippen LogP contribution >= 0.6 is 0 Å². The standard InChI is InChI=1S/C12H23N3O2/c1-9(2)10(3)12(17)14-8-11(16)15-6-4-13-5-7-15/h9-10,13H,4-8H2,1-3H3,(H,14,17). The maximum absolute atomic E-state index is 11.8. The van der Waals surface area contributed by atoms with Crippen molar-refractivity contribution in [1.82, 2.24) is 15.5 Å². The highest BCUT2D eigenvalue weighted by atomic mass is 16.2. The molecule has 0 aromatic rings. The van der Waals surface area contributed by atoms with Crippen molar-refractivity contribution in [1.29, 1.82) is 0 Å². The summed E-state index contributed by atoms with van der Waals surface area (Å²) < 4.78 is 0. The maximum atomic E-state index is 11.8. The largest absolute Gasteiger partial charge is 0.347 e. The zero-order valence-electron chi connectivity index (χ0n) is 11.0. The fraction of sp³-hybridized carbons (Fsp3) is 0.833. The number of nitrogens with zero attached hydrogens (tertiary/aromatic N) is 1. The van der Waals surface area contributed by atoms with Gasteiger partial charge in [-0.1, -0.05) is 20.8 Å². The van der Waals surface area contributed by atoms with E-state index in [9.17, 15) is 9.59 Å². The molecule has 0 saturated carbocycles. The van der Waals surface area contributed by atoms with E-state index in [2.05, 4.69) is 10.6 Å². The summed E-state index contributed by atoms with van der Waals surface area (Å²) in [4.78, 5) is 25.2. The van der Waals surface area contributed by atoms with Crippen LogP contribution in [0.2, 0.25) is 0 Å². The van der Waals surface area contributed by atoms with Gasteiger partial charge in [0.25, 0.3) is 0 Å². The van der Waals surface area contributed by atoms with Crippen LogP contribution in [0, 0.1) is 11.8 Å². The first-order valence-electron chi connectivity index (χ1n) is 6.28. The molecule has 1 fully saturated rings. The molecule has 1 heterocycles. The predicted octanol–water partition coefficient (Wildman–Crippen LogP) is -0.173. The van der Waals surface area contributed by atoms with E-state index in [1.165, 1.54) is 0 Å². The first-order valence-corrected chi connectivity index (χ1v) is 6.28. The second kappa shape index (κ2) is 6.59. The molecule has 0 bridgehead atoms. The van der Waals surface area contributed by atoms with Crippen LogP contribution in [0.1, 0.15) is 20.8 Å². The summed E-state index contributed by atoms with van der Waals surface area (Å²) in [5.74, 6) is 0.217. The van der Waals surface area contributed by atoms with Gasteiger partial charge in [0.15, 0.2) is 0 Å². The summed E-state index contributed by atoms with van der Waals surface area (Å²) in [7, 11) is 0. The van der Waals surface area contributed by atoms with Gasteiger partial charge >= 0.3 is 0 Å². The number of carbonyl (C=O) groups is 2. The Labute approximate surface area is 103 Å². The van der Waals surface area contributed by atoms with Gasteiger partial charge in [-0.25, -0.2) is 0 Å². The van der Waals surface area contributed by atoms with Crippen LogP contribution in [0.4, 0.5) is 0 Å². The number of hydrogen-bond donors (Lipinski definition) is 2. The lowest BCUT2D eigenvalue weighted by atomic mass is 9.97. The summed E-state index contributed by atoms with van der Waals surface area (Å²) in [6.45, 7) is 9.14. The minimum absolute atomic E-state index is 0.0100. The molecule has 1 saturated heterocycles. The third kappa shape index (κ3) is 4.34. The molecule has 1 aliphatic rings. The molecular formula is C12H23N3O2. The highest BCUT2D eigenvalue weighted by Gasteiger charge is 2.20. The molecule has 0 aromatic carbocycles. The van der Waals surface area contributed by atoms with E-state index in [0.29, 0.717) is 5.92 Å². The Hall–Kier alpha value is -1.10. The number of nitrogens with one attached hydrogen (secondary N) is 2. The van der Waals surface area contributed by atoms with E-state index in [4.69, 9.17) is 0 Å². The van der Waals surface area contributed by atoms with E-state index in [0.717, 1.165) is 26.2 Å². The summed E-state index contributed by atoms with van der Waals surface area (Å²) >= 11 is 0. The fourth-order valence-corrected chi connectivity index (χ4v) is 1.65. The zero-order valence-corrected chi connectivity index (χ0v) is 11.0. The lowest BCUT2D eigenvalue weighted by molar-refractivity contribution is -0.134. The van der Waals surface area contributed by atoms with E-state index in [-0.39, 0.29) is 24.3 Å². The van der Waals surface area contributed by atoms with Crippen molar-refractivity contribution in [2.75, 3.05) is 32.7 Å². The van der Waals surface area contributed by atoms with Gasteiger partial charge in [-0.3, -0.25) is 9.59 Å². The smallest absolute Gasteiger partial charge is 0.242 e. The van der Waals surface area contributed by atoms with E-state index < -0.39 is 0 Å². The topological polar surface area (TPSA) is 61.4 Å². The zero-order chi connectivity index (χ0) is 12.8. The number of rotatable bonds is 4. The highest BCUT2D eigenvalue weighted by Crippen LogP contribution is 2.08. The molecule has 0 aromatic heterocycles. The first kappa shape index (κ1) is 14.0. The van der Waals surface area contributed by atoms with Crippen LogP contribution in [-0.2, 0) is 9.59 Å². The summed E-state index contributed by atoms with van der Waals surface area (Å²) in [5.41, 5.74) is 0. The predicted molar refractivity (Wildman–Crippen MR) is 66.5 cm³/mol. The molecule has 5 nitrogen and oxygen atoms in total.